The molecule has 0 aliphatic heterocycles. The van der Waals surface area contributed by atoms with Gasteiger partial charge in [0, 0.05) is 40.6 Å². The molecule has 7 rings (SSSR count). The van der Waals surface area contributed by atoms with Crippen LogP contribution in [0.15, 0.2) is 194 Å². The quantitative estimate of drug-likeness (QED) is 0.0707. The highest BCUT2D eigenvalue weighted by Gasteiger charge is 2.22. The van der Waals surface area contributed by atoms with Crippen molar-refractivity contribution in [2.75, 3.05) is 6.54 Å². The van der Waals surface area contributed by atoms with Gasteiger partial charge in [-0.25, -0.2) is 0 Å². The van der Waals surface area contributed by atoms with E-state index in [4.69, 9.17) is 0 Å². The normalized spacial score (nSPS) is 14.0. The molecule has 1 aromatic heterocycles. The Labute approximate surface area is 414 Å². The van der Waals surface area contributed by atoms with Crippen LogP contribution in [0.2, 0.25) is 0 Å². The first-order chi connectivity index (χ1) is 33.4. The lowest BCUT2D eigenvalue weighted by Crippen LogP contribution is -2.33. The molecule has 0 bridgehead atoms. The van der Waals surface area contributed by atoms with E-state index in [0.717, 1.165) is 45.1 Å². The number of fused-ring (bicyclic) bond motifs is 3. The SMILES string of the molecule is C=C/C=C\C(=C/C)c1ccc(-n2c3c(c4cc(/C(=C/CN(C5=C(C)C=CCC5)C(C)/C=C(\C=C(/C)c5ccccc5)c5ccccc5)CCC=C)ccc42)C=CCC3)cc1.CC.CC.CC.CC. The Morgan fingerprint density at radius 3 is 1.94 bits per heavy atom. The van der Waals surface area contributed by atoms with Gasteiger partial charge >= 0.3 is 0 Å². The van der Waals surface area contributed by atoms with E-state index < -0.39 is 0 Å². The van der Waals surface area contributed by atoms with Gasteiger partial charge in [-0.3, -0.25) is 0 Å². The number of rotatable bonds is 16. The molecular formula is C66H84N2. The highest BCUT2D eigenvalue weighted by molar-refractivity contribution is 5.95. The minimum absolute atomic E-state index is 0.148. The second-order valence-corrected chi connectivity index (χ2v) is 16.0. The summed E-state index contributed by atoms with van der Waals surface area (Å²) in [5, 5.41) is 1.31. The van der Waals surface area contributed by atoms with Crippen LogP contribution in [0.25, 0.3) is 45.0 Å². The fourth-order valence-electron chi connectivity index (χ4n) is 8.77. The van der Waals surface area contributed by atoms with Crippen LogP contribution in [-0.2, 0) is 6.42 Å². The summed E-state index contributed by atoms with van der Waals surface area (Å²) in [4.78, 5) is 2.64. The van der Waals surface area contributed by atoms with Gasteiger partial charge < -0.3 is 9.47 Å². The molecule has 2 heteroatoms. The first kappa shape index (κ1) is 55.9. The molecule has 0 fully saturated rings. The minimum atomic E-state index is 0.148. The third kappa shape index (κ3) is 14.8. The smallest absolute Gasteiger partial charge is 0.0538 e. The zero-order valence-corrected chi connectivity index (χ0v) is 44.1. The van der Waals surface area contributed by atoms with Gasteiger partial charge in [0.15, 0.2) is 0 Å². The van der Waals surface area contributed by atoms with E-state index in [2.05, 4.69) is 214 Å². The number of hydrogen-bond acceptors (Lipinski definition) is 1. The Balaban J connectivity index is 0.00000145. The van der Waals surface area contributed by atoms with Gasteiger partial charge in [0.1, 0.15) is 0 Å². The Kier molecular flexibility index (Phi) is 25.4. The van der Waals surface area contributed by atoms with E-state index >= 15 is 0 Å². The van der Waals surface area contributed by atoms with Crippen LogP contribution in [0.3, 0.4) is 0 Å². The lowest BCUT2D eigenvalue weighted by Gasteiger charge is -2.34. The first-order valence-electron chi connectivity index (χ1n) is 25.7. The second-order valence-electron chi connectivity index (χ2n) is 16.0. The molecule has 2 aliphatic carbocycles. The largest absolute Gasteiger partial charge is 0.365 e. The van der Waals surface area contributed by atoms with Gasteiger partial charge in [0.25, 0.3) is 0 Å². The fraction of sp³-hybridized carbons (Fsp3) is 0.303. The summed E-state index contributed by atoms with van der Waals surface area (Å²) in [7, 11) is 0. The predicted octanol–water partition coefficient (Wildman–Crippen LogP) is 19.7. The van der Waals surface area contributed by atoms with Crippen molar-refractivity contribution in [3.8, 4) is 5.69 Å². The molecule has 2 nitrogen and oxygen atoms in total. The lowest BCUT2D eigenvalue weighted by atomic mass is 9.95. The van der Waals surface area contributed by atoms with Crippen molar-refractivity contribution in [2.24, 2.45) is 0 Å². The molecule has 0 N–H and O–H groups in total. The molecule has 68 heavy (non-hydrogen) atoms. The minimum Gasteiger partial charge on any atom is -0.365 e. The monoisotopic (exact) mass is 905 g/mol. The molecular weight excluding hydrogens is 821 g/mol. The van der Waals surface area contributed by atoms with Crippen molar-refractivity contribution in [1.29, 1.82) is 0 Å². The summed E-state index contributed by atoms with van der Waals surface area (Å²) in [5.74, 6) is 0. The van der Waals surface area contributed by atoms with Gasteiger partial charge in [-0.05, 0) is 141 Å². The van der Waals surface area contributed by atoms with Crippen molar-refractivity contribution < 1.29 is 0 Å². The van der Waals surface area contributed by atoms with Crippen LogP contribution in [0, 0.1) is 0 Å². The number of benzene rings is 4. The average Bonchev–Trinajstić information content (AvgIpc) is 3.74. The Hall–Kier alpha value is -6.38. The molecule has 4 aromatic carbocycles. The standard InChI is InChI=1S/C58H60N2.4C2H6/c1-7-10-23-46(9-3)50-32-35-53(36-33-50)60-57-31-21-19-29-54(57)55-42-51(34-37-58(55)60)49(24-11-8-2)38-39-59(56-30-20-18-22-43(56)4)45(6)41-52(48-27-16-13-17-28-48)40-44(5)47-25-14-12-15-26-47;4*1-2/h7-10,12-19,22-23,25-29,32-38,40-42,45H,1-2,11,20-21,24,30-31,39H2,3-6H3;4*1-2H3/b23-10-,44-40+,46-9+,49-38+,52-41+;;;;. The van der Waals surface area contributed by atoms with Gasteiger partial charge in [0.05, 0.1) is 5.52 Å². The number of nitrogens with zero attached hydrogens (tertiary/aromatic N) is 2. The van der Waals surface area contributed by atoms with Crippen molar-refractivity contribution in [3.63, 3.8) is 0 Å². The molecule has 0 radical (unpaired) electrons. The van der Waals surface area contributed by atoms with Gasteiger partial charge in [-0.15, -0.1) is 6.58 Å². The molecule has 358 valence electrons. The third-order valence-corrected chi connectivity index (χ3v) is 12.0. The second kappa shape index (κ2) is 30.8. The van der Waals surface area contributed by atoms with Gasteiger partial charge in [0.2, 0.25) is 0 Å². The third-order valence-electron chi connectivity index (χ3n) is 12.0. The summed E-state index contributed by atoms with van der Waals surface area (Å²) in [6.07, 6.45) is 32.8. The summed E-state index contributed by atoms with van der Waals surface area (Å²) in [5.41, 5.74) is 18.0. The Bertz CT molecular complexity index is 2560. The molecule has 0 saturated heterocycles. The van der Waals surface area contributed by atoms with Crippen molar-refractivity contribution in [3.05, 3.63) is 228 Å². The number of allylic oxidation sites excluding steroid dienone is 15. The van der Waals surface area contributed by atoms with Gasteiger partial charge in [-0.1, -0.05) is 214 Å². The van der Waals surface area contributed by atoms with Crippen LogP contribution >= 0.6 is 0 Å². The van der Waals surface area contributed by atoms with E-state index in [-0.39, 0.29) is 6.04 Å². The van der Waals surface area contributed by atoms with E-state index in [0.29, 0.717) is 0 Å². The summed E-state index contributed by atoms with van der Waals surface area (Å²) in [6, 6.07) is 37.9. The maximum Gasteiger partial charge on any atom is 0.0538 e. The summed E-state index contributed by atoms with van der Waals surface area (Å²) >= 11 is 0. The summed E-state index contributed by atoms with van der Waals surface area (Å²) < 4.78 is 2.49. The first-order valence-corrected chi connectivity index (χ1v) is 25.7. The molecule has 1 atom stereocenters. The molecule has 5 aromatic rings. The Morgan fingerprint density at radius 1 is 0.721 bits per heavy atom. The zero-order chi connectivity index (χ0) is 49.8. The van der Waals surface area contributed by atoms with Crippen LogP contribution < -0.4 is 0 Å². The molecule has 0 spiro atoms. The van der Waals surface area contributed by atoms with E-state index in [1.54, 1.807) is 0 Å². The molecule has 0 amide bonds. The predicted molar refractivity (Wildman–Crippen MR) is 308 cm³/mol. The van der Waals surface area contributed by atoms with Crippen LogP contribution in [-0.4, -0.2) is 22.1 Å². The van der Waals surface area contributed by atoms with E-state index in [1.807, 2.05) is 67.5 Å². The maximum absolute atomic E-state index is 4.13. The molecule has 1 heterocycles. The lowest BCUT2D eigenvalue weighted by molar-refractivity contribution is 0.323. The highest BCUT2D eigenvalue weighted by Crippen LogP contribution is 2.37. The Morgan fingerprint density at radius 2 is 1.32 bits per heavy atom. The van der Waals surface area contributed by atoms with Crippen LogP contribution in [0.1, 0.15) is 149 Å². The van der Waals surface area contributed by atoms with Gasteiger partial charge in [-0.2, -0.15) is 0 Å². The maximum atomic E-state index is 4.13. The topological polar surface area (TPSA) is 8.17 Å². The van der Waals surface area contributed by atoms with E-state index in [9.17, 15) is 0 Å². The highest BCUT2D eigenvalue weighted by atomic mass is 15.2. The summed E-state index contributed by atoms with van der Waals surface area (Å²) in [6.45, 7) is 33.7. The zero-order valence-electron chi connectivity index (χ0n) is 44.1. The van der Waals surface area contributed by atoms with Crippen LogP contribution in [0.5, 0.6) is 0 Å². The molecule has 2 aliphatic rings. The fourth-order valence-corrected chi connectivity index (χ4v) is 8.77. The molecule has 0 saturated carbocycles. The number of aromatic nitrogens is 1. The number of hydrogen-bond donors (Lipinski definition) is 0. The van der Waals surface area contributed by atoms with Crippen molar-refractivity contribution >= 4 is 39.3 Å². The molecule has 1 unspecified atom stereocenters. The van der Waals surface area contributed by atoms with Crippen molar-refractivity contribution in [1.82, 2.24) is 9.47 Å². The van der Waals surface area contributed by atoms with Crippen LogP contribution in [0.4, 0.5) is 0 Å². The average molecular weight is 905 g/mol. The van der Waals surface area contributed by atoms with E-state index in [1.165, 1.54) is 83.7 Å². The van der Waals surface area contributed by atoms with Crippen molar-refractivity contribution in [2.45, 2.75) is 128 Å².